The zero-order valence-corrected chi connectivity index (χ0v) is 20.6. The van der Waals surface area contributed by atoms with Gasteiger partial charge < -0.3 is 0 Å². The molecule has 2 fully saturated rings. The molecule has 0 aliphatic heterocycles. The minimum absolute atomic E-state index is 0.0345. The number of benzene rings is 2. The predicted molar refractivity (Wildman–Crippen MR) is 130 cm³/mol. The average molecular weight is 475 g/mol. The summed E-state index contributed by atoms with van der Waals surface area (Å²) in [6, 6.07) is 6.98. The maximum absolute atomic E-state index is 15.0. The van der Waals surface area contributed by atoms with Crippen molar-refractivity contribution in [2.45, 2.75) is 103 Å². The van der Waals surface area contributed by atoms with Gasteiger partial charge in [-0.3, -0.25) is 0 Å². The van der Waals surface area contributed by atoms with Crippen molar-refractivity contribution in [1.82, 2.24) is 0 Å². The van der Waals surface area contributed by atoms with Gasteiger partial charge in [0.2, 0.25) is 0 Å². The lowest BCUT2D eigenvalue weighted by atomic mass is 9.76. The van der Waals surface area contributed by atoms with Crippen molar-refractivity contribution < 1.29 is 17.6 Å². The van der Waals surface area contributed by atoms with Gasteiger partial charge in [-0.15, -0.1) is 0 Å². The summed E-state index contributed by atoms with van der Waals surface area (Å²) in [6.45, 7) is 3.78. The van der Waals surface area contributed by atoms with Crippen LogP contribution in [-0.2, 0) is 6.42 Å². The van der Waals surface area contributed by atoms with Crippen molar-refractivity contribution in [3.63, 3.8) is 0 Å². The van der Waals surface area contributed by atoms with Gasteiger partial charge in [0.05, 0.1) is 0 Å². The fourth-order valence-corrected chi connectivity index (χ4v) is 6.38. The lowest BCUT2D eigenvalue weighted by Crippen LogP contribution is -2.16. The van der Waals surface area contributed by atoms with Crippen LogP contribution in [0.15, 0.2) is 24.3 Å². The SMILES string of the molecule is CCCC1CCC(c2ccc(CCC3CCC(c4ccc(C)c(F)c4F)CC3)c(F)c2F)CC1. The third-order valence-corrected chi connectivity index (χ3v) is 8.59. The number of aryl methyl sites for hydroxylation is 2. The molecule has 0 spiro atoms. The smallest absolute Gasteiger partial charge is 0.162 e. The lowest BCUT2D eigenvalue weighted by Gasteiger charge is -2.30. The highest BCUT2D eigenvalue weighted by Crippen LogP contribution is 2.41. The van der Waals surface area contributed by atoms with Crippen LogP contribution in [0, 0.1) is 42.0 Å². The molecule has 0 amide bonds. The van der Waals surface area contributed by atoms with Crippen molar-refractivity contribution >= 4 is 0 Å². The van der Waals surface area contributed by atoms with Crippen LogP contribution in [0.2, 0.25) is 0 Å². The Morgan fingerprint density at radius 1 is 0.618 bits per heavy atom. The summed E-state index contributed by atoms with van der Waals surface area (Å²) in [4.78, 5) is 0. The molecule has 0 bridgehead atoms. The second-order valence-electron chi connectivity index (χ2n) is 10.8. The highest BCUT2D eigenvalue weighted by atomic mass is 19.2. The number of halogens is 4. The molecule has 0 atom stereocenters. The Balaban J connectivity index is 1.31. The molecule has 2 aromatic carbocycles. The first kappa shape index (κ1) is 25.3. The van der Waals surface area contributed by atoms with Crippen molar-refractivity contribution in [2.75, 3.05) is 0 Å². The molecule has 0 N–H and O–H groups in total. The molecule has 0 saturated heterocycles. The van der Waals surface area contributed by atoms with E-state index in [0.29, 0.717) is 34.6 Å². The molecule has 4 rings (SSSR count). The van der Waals surface area contributed by atoms with Gasteiger partial charge in [0.1, 0.15) is 0 Å². The summed E-state index contributed by atoms with van der Waals surface area (Å²) in [7, 11) is 0. The van der Waals surface area contributed by atoms with E-state index in [2.05, 4.69) is 6.92 Å². The molecular weight excluding hydrogens is 436 g/mol. The van der Waals surface area contributed by atoms with E-state index in [-0.39, 0.29) is 11.8 Å². The number of hydrogen-bond acceptors (Lipinski definition) is 0. The zero-order chi connectivity index (χ0) is 24.2. The van der Waals surface area contributed by atoms with Gasteiger partial charge in [0.15, 0.2) is 23.3 Å². The Hall–Kier alpha value is -1.84. The second kappa shape index (κ2) is 11.3. The Kier molecular flexibility index (Phi) is 8.37. The van der Waals surface area contributed by atoms with E-state index in [9.17, 15) is 17.6 Å². The second-order valence-corrected chi connectivity index (χ2v) is 10.8. The van der Waals surface area contributed by atoms with Crippen molar-refractivity contribution in [1.29, 1.82) is 0 Å². The number of rotatable bonds is 7. The maximum atomic E-state index is 15.0. The maximum Gasteiger partial charge on any atom is 0.162 e. The summed E-state index contributed by atoms with van der Waals surface area (Å²) in [5, 5.41) is 0. The van der Waals surface area contributed by atoms with Gasteiger partial charge in [-0.05, 0) is 117 Å². The first-order chi connectivity index (χ1) is 16.4. The molecule has 0 heterocycles. The summed E-state index contributed by atoms with van der Waals surface area (Å²) in [6.07, 6.45) is 11.3. The third-order valence-electron chi connectivity index (χ3n) is 8.59. The van der Waals surface area contributed by atoms with E-state index in [1.165, 1.54) is 12.8 Å². The molecule has 186 valence electrons. The Labute approximate surface area is 202 Å². The normalized spacial score (nSPS) is 25.5. The van der Waals surface area contributed by atoms with Gasteiger partial charge in [-0.25, -0.2) is 17.6 Å². The highest BCUT2D eigenvalue weighted by Gasteiger charge is 2.28. The van der Waals surface area contributed by atoms with Gasteiger partial charge in [0.25, 0.3) is 0 Å². The summed E-state index contributed by atoms with van der Waals surface area (Å²) < 4.78 is 58.2. The molecular formula is C30H38F4. The monoisotopic (exact) mass is 474 g/mol. The van der Waals surface area contributed by atoms with Crippen LogP contribution < -0.4 is 0 Å². The molecule has 0 aromatic heterocycles. The lowest BCUT2D eigenvalue weighted by molar-refractivity contribution is 0.300. The van der Waals surface area contributed by atoms with Crippen LogP contribution in [0.3, 0.4) is 0 Å². The summed E-state index contributed by atoms with van der Waals surface area (Å²) >= 11 is 0. The predicted octanol–water partition coefficient (Wildman–Crippen LogP) is 9.53. The molecule has 2 aliphatic carbocycles. The van der Waals surface area contributed by atoms with Gasteiger partial charge in [-0.2, -0.15) is 0 Å². The van der Waals surface area contributed by atoms with E-state index in [4.69, 9.17) is 0 Å². The largest absolute Gasteiger partial charge is 0.203 e. The molecule has 2 saturated carbocycles. The topological polar surface area (TPSA) is 0 Å². The molecule has 4 heteroatoms. The average Bonchev–Trinajstić information content (AvgIpc) is 2.85. The fraction of sp³-hybridized carbons (Fsp3) is 0.600. The fourth-order valence-electron chi connectivity index (χ4n) is 6.38. The van der Waals surface area contributed by atoms with Crippen LogP contribution >= 0.6 is 0 Å². The summed E-state index contributed by atoms with van der Waals surface area (Å²) in [5.41, 5.74) is 1.84. The van der Waals surface area contributed by atoms with E-state index in [1.54, 1.807) is 25.1 Å². The van der Waals surface area contributed by atoms with Crippen LogP contribution in [0.5, 0.6) is 0 Å². The molecule has 0 nitrogen and oxygen atoms in total. The number of hydrogen-bond donors (Lipinski definition) is 0. The van der Waals surface area contributed by atoms with Crippen molar-refractivity contribution in [3.05, 3.63) is 69.8 Å². The van der Waals surface area contributed by atoms with Crippen LogP contribution in [0.25, 0.3) is 0 Å². The molecule has 0 radical (unpaired) electrons. The summed E-state index contributed by atoms with van der Waals surface area (Å²) in [5.74, 6) is -1.44. The van der Waals surface area contributed by atoms with E-state index in [1.807, 2.05) is 6.07 Å². The Bertz CT molecular complexity index is 966. The van der Waals surface area contributed by atoms with Crippen molar-refractivity contribution in [3.8, 4) is 0 Å². The van der Waals surface area contributed by atoms with Crippen molar-refractivity contribution in [2.24, 2.45) is 11.8 Å². The van der Waals surface area contributed by atoms with Gasteiger partial charge in [-0.1, -0.05) is 44.0 Å². The first-order valence-corrected chi connectivity index (χ1v) is 13.3. The van der Waals surface area contributed by atoms with Gasteiger partial charge >= 0.3 is 0 Å². The molecule has 0 unspecified atom stereocenters. The highest BCUT2D eigenvalue weighted by molar-refractivity contribution is 5.30. The Morgan fingerprint density at radius 2 is 1.12 bits per heavy atom. The van der Waals surface area contributed by atoms with Crippen LogP contribution in [-0.4, -0.2) is 0 Å². The van der Waals surface area contributed by atoms with E-state index >= 15 is 0 Å². The molecule has 34 heavy (non-hydrogen) atoms. The minimum Gasteiger partial charge on any atom is -0.203 e. The molecule has 2 aliphatic rings. The van der Waals surface area contributed by atoms with Crippen LogP contribution in [0.4, 0.5) is 17.6 Å². The quantitative estimate of drug-likeness (QED) is 0.351. The first-order valence-electron chi connectivity index (χ1n) is 13.3. The Morgan fingerprint density at radius 3 is 1.68 bits per heavy atom. The molecule has 2 aromatic rings. The third kappa shape index (κ3) is 5.52. The van der Waals surface area contributed by atoms with Crippen LogP contribution in [0.1, 0.15) is 112 Å². The van der Waals surface area contributed by atoms with E-state index < -0.39 is 23.3 Å². The van der Waals surface area contributed by atoms with E-state index in [0.717, 1.165) is 63.7 Å². The minimum atomic E-state index is -0.741. The zero-order valence-electron chi connectivity index (χ0n) is 20.6. The van der Waals surface area contributed by atoms with Gasteiger partial charge in [0, 0.05) is 0 Å². The standard InChI is InChI=1S/C30H38F4/c1-3-4-20-6-11-23(12-7-20)26-18-16-24(28(32)30(26)34)15-10-21-8-13-22(14-9-21)25-17-5-19(2)27(31)29(25)33/h5,16-18,20-23H,3-4,6-15H2,1-2H3.